The summed E-state index contributed by atoms with van der Waals surface area (Å²) >= 11 is 0. The fraction of sp³-hybridized carbons (Fsp3) is 0.472. The molecule has 5 N–H and O–H groups in total. The molecule has 456 valence electrons. The van der Waals surface area contributed by atoms with Crippen molar-refractivity contribution in [3.05, 3.63) is 97.6 Å². The number of ether oxygens (including phenoxy) is 1. The lowest BCUT2D eigenvalue weighted by Crippen LogP contribution is -2.51. The van der Waals surface area contributed by atoms with Crippen LogP contribution >= 0.6 is 0 Å². The van der Waals surface area contributed by atoms with Gasteiger partial charge in [-0.25, -0.2) is 21.6 Å². The molecule has 0 bridgehead atoms. The average molecular weight is 1240 g/mol. The van der Waals surface area contributed by atoms with Crippen LogP contribution in [0.25, 0.3) is 43.6 Å². The Bertz CT molecular complexity index is 3790. The van der Waals surface area contributed by atoms with Gasteiger partial charge in [0.2, 0.25) is 20.0 Å². The Morgan fingerprint density at radius 2 is 0.786 bits per heavy atom. The second-order valence-electron chi connectivity index (χ2n) is 20.9. The van der Waals surface area contributed by atoms with Gasteiger partial charge in [-0.05, 0) is 62.4 Å². The molecule has 4 aromatic carbocycles. The topological polar surface area (TPSA) is 302 Å². The second-order valence-corrected chi connectivity index (χ2v) is 29.5. The first-order valence-corrected chi connectivity index (χ1v) is 33.7. The third kappa shape index (κ3) is 13.9. The number of rotatable bonds is 14. The third-order valence-corrected chi connectivity index (χ3v) is 23.1. The van der Waals surface area contributed by atoms with Crippen molar-refractivity contribution in [3.63, 3.8) is 0 Å². The summed E-state index contributed by atoms with van der Waals surface area (Å²) in [5, 5.41) is 32.0. The number of sulfonamides is 2. The maximum Gasteiger partial charge on any atom is 0.281 e. The van der Waals surface area contributed by atoms with Crippen molar-refractivity contribution < 1.29 is 38.4 Å². The molecule has 0 amide bonds. The molecule has 0 aliphatic carbocycles. The van der Waals surface area contributed by atoms with Crippen molar-refractivity contribution in [3.8, 4) is 0 Å². The lowest BCUT2D eigenvalue weighted by atomic mass is 10.2. The maximum absolute atomic E-state index is 12.2. The van der Waals surface area contributed by atoms with Crippen LogP contribution in [-0.2, 0) is 45.2 Å². The Kier molecular flexibility index (Phi) is 19.8. The molecule has 4 aliphatic rings. The van der Waals surface area contributed by atoms with Gasteiger partial charge >= 0.3 is 0 Å². The van der Waals surface area contributed by atoms with Gasteiger partial charge in [0, 0.05) is 177 Å². The van der Waals surface area contributed by atoms with Gasteiger partial charge in [-0.15, -0.1) is 0 Å². The van der Waals surface area contributed by atoms with Gasteiger partial charge in [-0.1, -0.05) is 24.3 Å². The van der Waals surface area contributed by atoms with Crippen LogP contribution in [0.3, 0.4) is 0 Å². The Morgan fingerprint density at radius 1 is 0.476 bits per heavy atom. The second kappa shape index (κ2) is 26.8. The monoisotopic (exact) mass is 1240 g/mol. The maximum atomic E-state index is 12.2. The summed E-state index contributed by atoms with van der Waals surface area (Å²) in [4.78, 5) is 8.84. The predicted octanol–water partition coefficient (Wildman–Crippen LogP) is 2.72. The van der Waals surface area contributed by atoms with Gasteiger partial charge in [0.25, 0.3) is 20.4 Å². The molecule has 12 rings (SSSR count). The van der Waals surface area contributed by atoms with Crippen molar-refractivity contribution in [1.82, 2.24) is 67.0 Å². The van der Waals surface area contributed by atoms with Gasteiger partial charge in [0.05, 0.1) is 64.5 Å². The molecule has 8 heterocycles. The van der Waals surface area contributed by atoms with Gasteiger partial charge in [0.1, 0.15) is 0 Å². The highest BCUT2D eigenvalue weighted by molar-refractivity contribution is 7.89. The van der Waals surface area contributed by atoms with Crippen LogP contribution in [0.1, 0.15) is 13.8 Å². The third-order valence-electron chi connectivity index (χ3n) is 15.4. The van der Waals surface area contributed by atoms with Crippen molar-refractivity contribution >= 4 is 107 Å². The van der Waals surface area contributed by atoms with E-state index < -0.39 is 40.5 Å². The standard InChI is InChI=1S/C14H20N4O3S.C14H20N4O2S.C13H19N5O2S.C12H17N5O2S/c1-21-9-10-22(19,20)18-7-5-17(6-8-18)14-4-2-3-13-12(14)11-15-16-13;1-11(2)21(19,20)18-8-6-17(7-9-18)14-5-3-4-13-12(14)10-15-16-13;1-16(2)21(19,20)18-8-6-17(7-9-18)13-5-3-4-12-11(13)10-14-15-12;1-13-20(18,19)17-7-5-16(6-8-17)12-4-2-3-11-10(12)9-14-15-11/h2-4,11H,5-10H2,1H3,(H,15,16);3-5,10-11H,6-9H2,1-2H3,(H,15,16);3-5,10H,6-9H2,1-2H3,(H,14,15);2-4,9,13H,5-8H2,1H3,(H,14,15). The number of hydrogen-bond acceptors (Lipinski definition) is 17. The number of aromatic nitrogens is 8. The summed E-state index contributed by atoms with van der Waals surface area (Å²) in [5.74, 6) is 0.0425. The van der Waals surface area contributed by atoms with E-state index in [1.54, 1.807) is 42.8 Å². The average Bonchev–Trinajstić information content (AvgIpc) is 4.47. The lowest BCUT2D eigenvalue weighted by Gasteiger charge is -2.36. The number of nitrogens with one attached hydrogen (secondary N) is 5. The van der Waals surface area contributed by atoms with Gasteiger partial charge < -0.3 is 24.3 Å². The van der Waals surface area contributed by atoms with Gasteiger partial charge in [0.15, 0.2) is 0 Å². The number of piperazine rings is 4. The molecule has 31 heteroatoms. The number of methoxy groups -OCH3 is 1. The molecule has 27 nitrogen and oxygen atoms in total. The molecule has 4 fully saturated rings. The highest BCUT2D eigenvalue weighted by Gasteiger charge is 2.32. The lowest BCUT2D eigenvalue weighted by molar-refractivity contribution is 0.215. The van der Waals surface area contributed by atoms with Crippen LogP contribution in [0, 0.1) is 0 Å². The summed E-state index contributed by atoms with van der Waals surface area (Å²) in [7, 11) is -6.93. The normalized spacial score (nSPS) is 17.6. The Hall–Kier alpha value is -6.52. The van der Waals surface area contributed by atoms with E-state index in [2.05, 4.69) is 71.2 Å². The summed E-state index contributed by atoms with van der Waals surface area (Å²) in [6.07, 6.45) is 7.25. The first-order valence-electron chi connectivity index (χ1n) is 27.7. The Morgan fingerprint density at radius 3 is 1.08 bits per heavy atom. The first-order chi connectivity index (χ1) is 40.2. The fourth-order valence-corrected chi connectivity index (χ4v) is 15.2. The minimum Gasteiger partial charge on any atom is -0.384 e. The number of aromatic amines is 4. The van der Waals surface area contributed by atoms with Crippen LogP contribution < -0.4 is 24.3 Å². The molecule has 0 radical (unpaired) electrons. The zero-order chi connectivity index (χ0) is 59.8. The Balaban J connectivity index is 0.000000134. The molecule has 4 saturated heterocycles. The molecule has 0 saturated carbocycles. The van der Waals surface area contributed by atoms with Gasteiger partial charge in [-0.3, -0.25) is 20.4 Å². The van der Waals surface area contributed by atoms with E-state index in [1.165, 1.54) is 27.1 Å². The number of benzene rings is 4. The van der Waals surface area contributed by atoms with E-state index >= 15 is 0 Å². The molecule has 4 aromatic heterocycles. The highest BCUT2D eigenvalue weighted by Crippen LogP contribution is 2.31. The molecular weight excluding hydrogens is 1160 g/mol. The minimum atomic E-state index is -3.32. The zero-order valence-electron chi connectivity index (χ0n) is 48.2. The molecule has 4 aliphatic heterocycles. The summed E-state index contributed by atoms with van der Waals surface area (Å²) in [6, 6.07) is 24.1. The van der Waals surface area contributed by atoms with E-state index in [1.807, 2.05) is 85.3 Å². The van der Waals surface area contributed by atoms with Gasteiger partial charge in [-0.2, -0.15) is 58.8 Å². The van der Waals surface area contributed by atoms with Crippen LogP contribution in [0.5, 0.6) is 0 Å². The molecule has 8 aromatic rings. The quantitative estimate of drug-likeness (QED) is 0.105. The fourth-order valence-electron chi connectivity index (χ4n) is 10.6. The zero-order valence-corrected chi connectivity index (χ0v) is 51.4. The number of nitrogens with zero attached hydrogens (tertiary/aromatic N) is 13. The van der Waals surface area contributed by atoms with E-state index in [9.17, 15) is 33.7 Å². The molecule has 0 atom stereocenters. The summed E-state index contributed by atoms with van der Waals surface area (Å²) in [6.45, 7) is 13.2. The SMILES string of the molecule is CC(C)S(=O)(=O)N1CCN(c2cccc3[nH]ncc23)CC1.CN(C)S(=O)(=O)N1CCN(c2cccc3[nH]ncc23)CC1.CNS(=O)(=O)N1CCN(c2cccc3[nH]ncc23)CC1.COCCS(=O)(=O)N1CCN(c2cccc3[nH]ncc23)CC1. The summed E-state index contributed by atoms with van der Waals surface area (Å²) in [5.41, 5.74) is 8.39. The highest BCUT2D eigenvalue weighted by atomic mass is 32.2. The van der Waals surface area contributed by atoms with Crippen molar-refractivity contribution in [2.75, 3.05) is 165 Å². The van der Waals surface area contributed by atoms with Crippen LogP contribution in [0.2, 0.25) is 0 Å². The van der Waals surface area contributed by atoms with E-state index in [0.717, 1.165) is 66.4 Å². The van der Waals surface area contributed by atoms with Crippen molar-refractivity contribution in [2.24, 2.45) is 0 Å². The van der Waals surface area contributed by atoms with Crippen LogP contribution in [-0.4, -0.2) is 247 Å². The van der Waals surface area contributed by atoms with E-state index in [0.29, 0.717) is 105 Å². The van der Waals surface area contributed by atoms with E-state index in [-0.39, 0.29) is 17.6 Å². The number of anilines is 4. The van der Waals surface area contributed by atoms with Crippen LogP contribution in [0.15, 0.2) is 97.6 Å². The smallest absolute Gasteiger partial charge is 0.281 e. The number of H-pyrrole nitrogens is 4. The molecule has 0 spiro atoms. The largest absolute Gasteiger partial charge is 0.384 e. The number of fused-ring (bicyclic) bond motifs is 4. The molecular formula is C53H76N18O9S4. The molecule has 84 heavy (non-hydrogen) atoms. The number of hydrogen-bond donors (Lipinski definition) is 5. The first kappa shape index (κ1) is 62.0. The van der Waals surface area contributed by atoms with Crippen molar-refractivity contribution in [1.29, 1.82) is 0 Å². The van der Waals surface area contributed by atoms with E-state index in [4.69, 9.17) is 4.74 Å². The van der Waals surface area contributed by atoms with Crippen LogP contribution in [0.4, 0.5) is 22.7 Å². The molecule has 0 unspecified atom stereocenters. The predicted molar refractivity (Wildman–Crippen MR) is 330 cm³/mol. The van der Waals surface area contributed by atoms with Crippen molar-refractivity contribution in [2.45, 2.75) is 19.1 Å². The Labute approximate surface area is 491 Å². The summed E-state index contributed by atoms with van der Waals surface area (Å²) < 4.78 is 111. The minimum absolute atomic E-state index is 0.0425.